The predicted molar refractivity (Wildman–Crippen MR) is 69.0 cm³/mol. The monoisotopic (exact) mass is 229 g/mol. The number of hydrogen-bond donors (Lipinski definition) is 0. The van der Waals surface area contributed by atoms with Crippen LogP contribution in [0.5, 0.6) is 0 Å². The van der Waals surface area contributed by atoms with Crippen LogP contribution in [0.3, 0.4) is 0 Å². The van der Waals surface area contributed by atoms with Crippen LogP contribution in [0.25, 0.3) is 0 Å². The maximum absolute atomic E-state index is 4.18. The Morgan fingerprint density at radius 1 is 1.12 bits per heavy atom. The smallest absolute Gasteiger partial charge is 0.0852 e. The number of aromatic nitrogens is 3. The first-order valence-electron chi connectivity index (χ1n) is 6.12. The van der Waals surface area contributed by atoms with Crippen LogP contribution in [-0.4, -0.2) is 15.0 Å². The fourth-order valence-electron chi connectivity index (χ4n) is 1.83. The highest BCUT2D eigenvalue weighted by Crippen LogP contribution is 2.17. The van der Waals surface area contributed by atoms with Gasteiger partial charge in [0.25, 0.3) is 0 Å². The molecule has 2 aromatic rings. The summed E-state index contributed by atoms with van der Waals surface area (Å²) in [6.45, 7) is 7.36. The van der Waals surface area contributed by atoms with E-state index in [4.69, 9.17) is 0 Å². The van der Waals surface area contributed by atoms with Gasteiger partial charge in [-0.15, -0.1) is 5.10 Å². The summed E-state index contributed by atoms with van der Waals surface area (Å²) < 4.78 is 1.94. The molecule has 1 atom stereocenters. The molecule has 0 aliphatic heterocycles. The Bertz CT molecular complexity index is 459. The van der Waals surface area contributed by atoms with Crippen molar-refractivity contribution in [3.8, 4) is 0 Å². The first kappa shape index (κ1) is 11.8. The van der Waals surface area contributed by atoms with E-state index in [1.54, 1.807) is 0 Å². The van der Waals surface area contributed by atoms with Crippen molar-refractivity contribution in [1.29, 1.82) is 0 Å². The number of nitrogens with zero attached hydrogens (tertiary/aromatic N) is 3. The molecule has 0 spiro atoms. The van der Waals surface area contributed by atoms with Gasteiger partial charge in [0, 0.05) is 18.7 Å². The van der Waals surface area contributed by atoms with E-state index in [9.17, 15) is 0 Å². The van der Waals surface area contributed by atoms with E-state index in [1.165, 1.54) is 5.56 Å². The SMILES string of the molecule is CC(C)c1cn(CC(C)c2ccccc2)nn1. The minimum absolute atomic E-state index is 0.441. The van der Waals surface area contributed by atoms with Crippen LogP contribution in [0.15, 0.2) is 36.5 Å². The molecule has 3 nitrogen and oxygen atoms in total. The van der Waals surface area contributed by atoms with E-state index in [1.807, 2.05) is 16.9 Å². The molecule has 17 heavy (non-hydrogen) atoms. The molecule has 3 heteroatoms. The summed E-state index contributed by atoms with van der Waals surface area (Å²) in [5.74, 6) is 0.897. The second kappa shape index (κ2) is 5.13. The fraction of sp³-hybridized carbons (Fsp3) is 0.429. The van der Waals surface area contributed by atoms with E-state index >= 15 is 0 Å². The Morgan fingerprint density at radius 2 is 1.82 bits per heavy atom. The van der Waals surface area contributed by atoms with Gasteiger partial charge in [-0.2, -0.15) is 0 Å². The van der Waals surface area contributed by atoms with Gasteiger partial charge in [-0.05, 0) is 11.5 Å². The molecule has 0 saturated heterocycles. The highest BCUT2D eigenvalue weighted by atomic mass is 15.4. The third-order valence-electron chi connectivity index (χ3n) is 2.98. The maximum Gasteiger partial charge on any atom is 0.0852 e. The summed E-state index contributed by atoms with van der Waals surface area (Å²) in [5.41, 5.74) is 2.40. The standard InChI is InChI=1S/C14H19N3/c1-11(2)14-10-17(16-15-14)9-12(3)13-7-5-4-6-8-13/h4-8,10-12H,9H2,1-3H3. The van der Waals surface area contributed by atoms with Crippen molar-refractivity contribution in [2.75, 3.05) is 0 Å². The van der Waals surface area contributed by atoms with Crippen molar-refractivity contribution < 1.29 is 0 Å². The van der Waals surface area contributed by atoms with Gasteiger partial charge in [0.05, 0.1) is 5.69 Å². The molecule has 1 aromatic heterocycles. The van der Waals surface area contributed by atoms with E-state index in [-0.39, 0.29) is 0 Å². The summed E-state index contributed by atoms with van der Waals surface area (Å²) in [6, 6.07) is 10.5. The number of rotatable bonds is 4. The lowest BCUT2D eigenvalue weighted by atomic mass is 10.0. The van der Waals surface area contributed by atoms with Crippen LogP contribution in [-0.2, 0) is 6.54 Å². The average molecular weight is 229 g/mol. The molecule has 0 aliphatic carbocycles. The summed E-state index contributed by atoms with van der Waals surface area (Å²) in [5, 5.41) is 8.34. The van der Waals surface area contributed by atoms with Gasteiger partial charge in [-0.3, -0.25) is 4.68 Å². The molecular weight excluding hydrogens is 210 g/mol. The van der Waals surface area contributed by atoms with Crippen LogP contribution in [0.1, 0.15) is 43.9 Å². The molecule has 1 heterocycles. The quantitative estimate of drug-likeness (QED) is 0.806. The molecule has 0 amide bonds. The van der Waals surface area contributed by atoms with Crippen molar-refractivity contribution in [2.24, 2.45) is 0 Å². The first-order valence-corrected chi connectivity index (χ1v) is 6.12. The maximum atomic E-state index is 4.18. The number of benzene rings is 1. The lowest BCUT2D eigenvalue weighted by molar-refractivity contribution is 0.527. The summed E-state index contributed by atoms with van der Waals surface area (Å²) >= 11 is 0. The first-order chi connectivity index (χ1) is 8.16. The van der Waals surface area contributed by atoms with Crippen LogP contribution in [0.2, 0.25) is 0 Å². The van der Waals surface area contributed by atoms with Gasteiger partial charge in [-0.25, -0.2) is 0 Å². The zero-order valence-electron chi connectivity index (χ0n) is 10.7. The van der Waals surface area contributed by atoms with Gasteiger partial charge in [0.15, 0.2) is 0 Å². The van der Waals surface area contributed by atoms with E-state index in [0.29, 0.717) is 11.8 Å². The minimum Gasteiger partial charge on any atom is -0.252 e. The van der Waals surface area contributed by atoms with Crippen molar-refractivity contribution >= 4 is 0 Å². The van der Waals surface area contributed by atoms with Crippen molar-refractivity contribution in [3.63, 3.8) is 0 Å². The Labute approximate surface area is 102 Å². The molecular formula is C14H19N3. The summed E-state index contributed by atoms with van der Waals surface area (Å²) in [7, 11) is 0. The molecule has 1 unspecified atom stereocenters. The summed E-state index contributed by atoms with van der Waals surface area (Å²) in [6.07, 6.45) is 2.05. The molecule has 0 N–H and O–H groups in total. The van der Waals surface area contributed by atoms with E-state index in [0.717, 1.165) is 12.2 Å². The van der Waals surface area contributed by atoms with Gasteiger partial charge < -0.3 is 0 Å². The summed E-state index contributed by atoms with van der Waals surface area (Å²) in [4.78, 5) is 0. The van der Waals surface area contributed by atoms with Crippen LogP contribution in [0.4, 0.5) is 0 Å². The second-order valence-corrected chi connectivity index (χ2v) is 4.83. The molecule has 0 saturated carbocycles. The molecule has 0 radical (unpaired) electrons. The molecule has 90 valence electrons. The zero-order valence-corrected chi connectivity index (χ0v) is 10.7. The van der Waals surface area contributed by atoms with Crippen molar-refractivity contribution in [2.45, 2.75) is 39.2 Å². The third kappa shape index (κ3) is 2.93. The highest BCUT2D eigenvalue weighted by Gasteiger charge is 2.09. The Kier molecular flexibility index (Phi) is 3.57. The van der Waals surface area contributed by atoms with Gasteiger partial charge >= 0.3 is 0 Å². The van der Waals surface area contributed by atoms with E-state index in [2.05, 4.69) is 55.3 Å². The fourth-order valence-corrected chi connectivity index (χ4v) is 1.83. The Balaban J connectivity index is 2.05. The zero-order chi connectivity index (χ0) is 12.3. The van der Waals surface area contributed by atoms with Gasteiger partial charge in [0.2, 0.25) is 0 Å². The Hall–Kier alpha value is -1.64. The highest BCUT2D eigenvalue weighted by molar-refractivity contribution is 5.18. The van der Waals surface area contributed by atoms with Crippen LogP contribution >= 0.6 is 0 Å². The lowest BCUT2D eigenvalue weighted by Crippen LogP contribution is -2.06. The van der Waals surface area contributed by atoms with Crippen LogP contribution < -0.4 is 0 Å². The predicted octanol–water partition coefficient (Wildman–Crippen LogP) is 3.21. The molecule has 0 aliphatic rings. The molecule has 0 fully saturated rings. The molecule has 2 rings (SSSR count). The van der Waals surface area contributed by atoms with Gasteiger partial charge in [-0.1, -0.05) is 56.3 Å². The molecule has 0 bridgehead atoms. The second-order valence-electron chi connectivity index (χ2n) is 4.83. The topological polar surface area (TPSA) is 30.7 Å². The minimum atomic E-state index is 0.441. The molecule has 1 aromatic carbocycles. The number of hydrogen-bond acceptors (Lipinski definition) is 2. The average Bonchev–Trinajstić information content (AvgIpc) is 2.79. The van der Waals surface area contributed by atoms with Crippen LogP contribution in [0, 0.1) is 0 Å². The Morgan fingerprint density at radius 3 is 2.41 bits per heavy atom. The normalized spacial score (nSPS) is 12.9. The van der Waals surface area contributed by atoms with Gasteiger partial charge in [0.1, 0.15) is 0 Å². The van der Waals surface area contributed by atoms with E-state index < -0.39 is 0 Å². The van der Waals surface area contributed by atoms with Crippen molar-refractivity contribution in [3.05, 3.63) is 47.8 Å². The third-order valence-corrected chi connectivity index (χ3v) is 2.98. The lowest BCUT2D eigenvalue weighted by Gasteiger charge is -2.10. The van der Waals surface area contributed by atoms with Crippen molar-refractivity contribution in [1.82, 2.24) is 15.0 Å². The largest absolute Gasteiger partial charge is 0.252 e.